The predicted molar refractivity (Wildman–Crippen MR) is 142 cm³/mol. The van der Waals surface area contributed by atoms with Crippen LogP contribution in [0.4, 0.5) is 0 Å². The maximum absolute atomic E-state index is 12.5. The number of likely N-dealkylation sites (tertiary alicyclic amines) is 1. The minimum Gasteiger partial charge on any atom is -0.478 e. The molecule has 0 aromatic heterocycles. The first-order valence-corrected chi connectivity index (χ1v) is 12.4. The molecule has 38 heavy (non-hydrogen) atoms. The molecule has 0 atom stereocenters. The molecule has 7 heteroatoms. The summed E-state index contributed by atoms with van der Waals surface area (Å²) >= 11 is 0. The van der Waals surface area contributed by atoms with E-state index in [1.165, 1.54) is 0 Å². The summed E-state index contributed by atoms with van der Waals surface area (Å²) in [6.07, 6.45) is 3.57. The van der Waals surface area contributed by atoms with Crippen molar-refractivity contribution in [2.24, 2.45) is 0 Å². The normalized spacial score (nSPS) is 22.5. The highest BCUT2D eigenvalue weighted by Gasteiger charge is 2.49. The zero-order valence-corrected chi connectivity index (χ0v) is 20.7. The van der Waals surface area contributed by atoms with Gasteiger partial charge in [-0.2, -0.15) is 5.26 Å². The van der Waals surface area contributed by atoms with Crippen LogP contribution in [0.25, 0.3) is 11.6 Å². The molecule has 2 N–H and O–H groups in total. The summed E-state index contributed by atoms with van der Waals surface area (Å²) in [6, 6.07) is 27.2. The highest BCUT2D eigenvalue weighted by Crippen LogP contribution is 2.44. The molecule has 3 aromatic carbocycles. The van der Waals surface area contributed by atoms with Gasteiger partial charge < -0.3 is 14.9 Å². The second-order valence-corrected chi connectivity index (χ2v) is 9.79. The van der Waals surface area contributed by atoms with Crippen LogP contribution in [0.15, 0.2) is 90.6 Å². The largest absolute Gasteiger partial charge is 0.478 e. The quantitative estimate of drug-likeness (QED) is 0.339. The maximum Gasteiger partial charge on any atom is 0.390 e. The average molecular weight is 508 g/mol. The summed E-state index contributed by atoms with van der Waals surface area (Å²) in [7, 11) is 0. The summed E-state index contributed by atoms with van der Waals surface area (Å²) in [5.74, 6) is -1.26. The van der Waals surface area contributed by atoms with Crippen LogP contribution in [0.5, 0.6) is 11.5 Å². The van der Waals surface area contributed by atoms with Crippen molar-refractivity contribution in [2.75, 3.05) is 19.6 Å². The first kappa shape index (κ1) is 25.0. The topological polar surface area (TPSA) is 108 Å². The number of nitrogens with zero attached hydrogens (tertiary/aromatic N) is 2. The van der Waals surface area contributed by atoms with Gasteiger partial charge in [-0.05, 0) is 23.8 Å². The van der Waals surface area contributed by atoms with Gasteiger partial charge in [0.1, 0.15) is 18.0 Å². The van der Waals surface area contributed by atoms with Crippen LogP contribution in [0, 0.1) is 11.3 Å². The number of quaternary nitrogens is 1. The SMILES string of the molecule is N#CC1(c2ccccc2)CC[N+](CC2=Cc3ccccc3Oc3ccccc32)(/C(=C/C(=O)O)C(=O)O)CC1. The molecular formula is C31H27N2O5+. The molecule has 190 valence electrons. The molecule has 0 unspecified atom stereocenters. The first-order valence-electron chi connectivity index (χ1n) is 12.4. The average Bonchev–Trinajstić information content (AvgIpc) is 3.09. The zero-order chi connectivity index (χ0) is 26.8. The van der Waals surface area contributed by atoms with Crippen LogP contribution < -0.4 is 4.74 Å². The van der Waals surface area contributed by atoms with Gasteiger partial charge in [0, 0.05) is 29.5 Å². The van der Waals surface area contributed by atoms with E-state index < -0.39 is 17.4 Å². The molecule has 1 fully saturated rings. The van der Waals surface area contributed by atoms with Crippen LogP contribution in [-0.4, -0.2) is 46.3 Å². The first-order chi connectivity index (χ1) is 18.4. The number of nitriles is 1. The van der Waals surface area contributed by atoms with Gasteiger partial charge in [0.15, 0.2) is 0 Å². The number of hydrogen-bond donors (Lipinski definition) is 2. The van der Waals surface area contributed by atoms with Crippen LogP contribution >= 0.6 is 0 Å². The molecule has 3 aromatic rings. The van der Waals surface area contributed by atoms with E-state index in [1.54, 1.807) is 0 Å². The summed E-state index contributed by atoms with van der Waals surface area (Å²) in [5.41, 5.74) is 2.42. The Morgan fingerprint density at radius 2 is 1.55 bits per heavy atom. The van der Waals surface area contributed by atoms with Crippen molar-refractivity contribution in [2.45, 2.75) is 18.3 Å². The van der Waals surface area contributed by atoms with Gasteiger partial charge in [-0.15, -0.1) is 0 Å². The number of hydrogen-bond acceptors (Lipinski definition) is 4. The highest BCUT2D eigenvalue weighted by molar-refractivity contribution is 5.93. The number of carboxylic acid groups (broad SMARTS) is 2. The van der Waals surface area contributed by atoms with Crippen molar-refractivity contribution in [3.63, 3.8) is 0 Å². The van der Waals surface area contributed by atoms with E-state index in [-0.39, 0.29) is 29.8 Å². The van der Waals surface area contributed by atoms with Gasteiger partial charge in [-0.1, -0.05) is 66.7 Å². The minimum absolute atomic E-state index is 0.0970. The van der Waals surface area contributed by atoms with E-state index in [0.717, 1.165) is 28.3 Å². The predicted octanol–water partition coefficient (Wildman–Crippen LogP) is 5.46. The molecule has 2 heterocycles. The van der Waals surface area contributed by atoms with Gasteiger partial charge in [0.25, 0.3) is 0 Å². The van der Waals surface area contributed by atoms with Crippen molar-refractivity contribution in [1.29, 1.82) is 5.26 Å². The highest BCUT2D eigenvalue weighted by atomic mass is 16.5. The molecule has 0 aliphatic carbocycles. The van der Waals surface area contributed by atoms with Crippen molar-refractivity contribution < 1.29 is 29.0 Å². The molecular weight excluding hydrogens is 480 g/mol. The van der Waals surface area contributed by atoms with E-state index in [9.17, 15) is 25.1 Å². The number of ether oxygens (including phenoxy) is 1. The Kier molecular flexibility index (Phi) is 6.58. The Hall–Kier alpha value is -4.67. The lowest BCUT2D eigenvalue weighted by Gasteiger charge is -2.46. The van der Waals surface area contributed by atoms with Crippen molar-refractivity contribution in [3.05, 3.63) is 107 Å². The van der Waals surface area contributed by atoms with Gasteiger partial charge >= 0.3 is 11.9 Å². The van der Waals surface area contributed by atoms with Gasteiger partial charge in [0.2, 0.25) is 5.70 Å². The Labute approximate surface area is 220 Å². The Balaban J connectivity index is 1.62. The van der Waals surface area contributed by atoms with Crippen molar-refractivity contribution in [1.82, 2.24) is 0 Å². The van der Waals surface area contributed by atoms with Crippen molar-refractivity contribution >= 4 is 23.6 Å². The second kappa shape index (κ2) is 10.0. The standard InChI is InChI=1S/C31H26N2O5/c32-21-31(24-9-2-1-3-10-24)14-16-33(17-15-31,26(30(36)37)19-29(34)35)20-23-18-22-8-4-6-12-27(22)38-28-13-7-5-11-25(23)28/h1-13,18-19H,14-17,20H2,(H-,34,35,36,37)/p+1/b26-19+. The van der Waals surface area contributed by atoms with E-state index in [2.05, 4.69) is 6.07 Å². The van der Waals surface area contributed by atoms with E-state index in [4.69, 9.17) is 4.74 Å². The Morgan fingerprint density at radius 1 is 0.921 bits per heavy atom. The Bertz CT molecular complexity index is 1490. The number of piperidine rings is 1. The summed E-state index contributed by atoms with van der Waals surface area (Å²) in [5, 5.41) is 30.1. The third kappa shape index (κ3) is 4.58. The number of fused-ring (bicyclic) bond motifs is 2. The second-order valence-electron chi connectivity index (χ2n) is 9.79. The van der Waals surface area contributed by atoms with Crippen LogP contribution in [0.2, 0.25) is 0 Å². The molecule has 5 rings (SSSR count). The number of aliphatic carboxylic acids is 2. The summed E-state index contributed by atoms with van der Waals surface area (Å²) < 4.78 is 6.11. The van der Waals surface area contributed by atoms with Crippen LogP contribution in [-0.2, 0) is 15.0 Å². The molecule has 0 saturated carbocycles. The fourth-order valence-electron chi connectivity index (χ4n) is 5.63. The molecule has 0 amide bonds. The molecule has 2 aliphatic heterocycles. The van der Waals surface area contributed by atoms with Gasteiger partial charge in [-0.3, -0.25) is 4.48 Å². The van der Waals surface area contributed by atoms with Crippen LogP contribution in [0.1, 0.15) is 29.5 Å². The van der Waals surface area contributed by atoms with Gasteiger partial charge in [0.05, 0.1) is 30.6 Å². The maximum atomic E-state index is 12.5. The molecule has 1 saturated heterocycles. The lowest BCUT2D eigenvalue weighted by atomic mass is 9.73. The zero-order valence-electron chi connectivity index (χ0n) is 20.7. The Morgan fingerprint density at radius 3 is 2.21 bits per heavy atom. The van der Waals surface area contributed by atoms with E-state index in [0.29, 0.717) is 24.3 Å². The van der Waals surface area contributed by atoms with Gasteiger partial charge in [-0.25, -0.2) is 9.59 Å². The van der Waals surface area contributed by atoms with Crippen LogP contribution in [0.3, 0.4) is 0 Å². The lowest BCUT2D eigenvalue weighted by Crippen LogP contribution is -2.57. The fourth-order valence-corrected chi connectivity index (χ4v) is 5.63. The molecule has 0 bridgehead atoms. The third-order valence-corrected chi connectivity index (χ3v) is 7.64. The van der Waals surface area contributed by atoms with E-state index in [1.807, 2.05) is 84.9 Å². The molecule has 7 nitrogen and oxygen atoms in total. The smallest absolute Gasteiger partial charge is 0.390 e. The number of benzene rings is 3. The molecule has 0 radical (unpaired) electrons. The number of rotatable bonds is 6. The van der Waals surface area contributed by atoms with Crippen molar-refractivity contribution in [3.8, 4) is 17.6 Å². The fraction of sp³-hybridized carbons (Fsp3) is 0.194. The number of carbonyl (C=O) groups is 2. The lowest BCUT2D eigenvalue weighted by molar-refractivity contribution is -0.887. The molecule has 2 aliphatic rings. The molecule has 0 spiro atoms. The summed E-state index contributed by atoms with van der Waals surface area (Å²) in [6.45, 7) is 0.808. The number of para-hydroxylation sites is 2. The minimum atomic E-state index is -1.32. The number of carboxylic acids is 2. The van der Waals surface area contributed by atoms with E-state index >= 15 is 0 Å². The summed E-state index contributed by atoms with van der Waals surface area (Å²) in [4.78, 5) is 24.3. The monoisotopic (exact) mass is 507 g/mol. The third-order valence-electron chi connectivity index (χ3n) is 7.64.